The molecule has 1 N–H and O–H groups in total. The number of carbonyl (C=O) groups is 1. The molecule has 0 aromatic carbocycles. The van der Waals surface area contributed by atoms with Crippen molar-refractivity contribution < 1.29 is 9.90 Å². The Hall–Kier alpha value is -1.20. The zero-order valence-corrected chi connectivity index (χ0v) is 8.74. The van der Waals surface area contributed by atoms with Crippen LogP contribution in [0.15, 0.2) is 6.07 Å². The first-order valence-electron chi connectivity index (χ1n) is 4.64. The van der Waals surface area contributed by atoms with Crippen LogP contribution in [0.3, 0.4) is 0 Å². The molecule has 0 aliphatic carbocycles. The van der Waals surface area contributed by atoms with E-state index >= 15 is 0 Å². The molecule has 1 saturated heterocycles. The third kappa shape index (κ3) is 2.43. The molecule has 0 saturated carbocycles. The molecule has 1 aromatic rings. The van der Waals surface area contributed by atoms with Crippen molar-refractivity contribution >= 4 is 17.6 Å². The van der Waals surface area contributed by atoms with Crippen molar-refractivity contribution in [1.82, 2.24) is 14.9 Å². The number of aromatic nitrogens is 2. The quantitative estimate of drug-likeness (QED) is 0.782. The lowest BCUT2D eigenvalue weighted by Crippen LogP contribution is -2.37. The molecule has 0 atom stereocenters. The van der Waals surface area contributed by atoms with Crippen molar-refractivity contribution in [1.29, 1.82) is 0 Å². The van der Waals surface area contributed by atoms with Gasteiger partial charge in [0.25, 0.3) is 0 Å². The number of aromatic carboxylic acids is 1. The Balaban J connectivity index is 2.18. The normalized spacial score (nSPS) is 16.1. The Morgan fingerprint density at radius 2 is 2.27 bits per heavy atom. The van der Waals surface area contributed by atoms with Gasteiger partial charge in [-0.2, -0.15) is 0 Å². The standard InChI is InChI=1S/C9H10ClN3O2/c10-7-4-6(9(14)15)11-8(12-7)5-13-2-1-3-13/h4H,1-3,5H2,(H,14,15). The number of rotatable bonds is 3. The van der Waals surface area contributed by atoms with Gasteiger partial charge in [-0.3, -0.25) is 4.90 Å². The van der Waals surface area contributed by atoms with E-state index in [-0.39, 0.29) is 10.8 Å². The number of likely N-dealkylation sites (tertiary alicyclic amines) is 1. The number of nitrogens with zero attached hydrogens (tertiary/aromatic N) is 3. The van der Waals surface area contributed by atoms with Gasteiger partial charge in [-0.05, 0) is 19.5 Å². The summed E-state index contributed by atoms with van der Waals surface area (Å²) in [4.78, 5) is 20.8. The molecule has 80 valence electrons. The lowest BCUT2D eigenvalue weighted by molar-refractivity contribution is 0.0689. The van der Waals surface area contributed by atoms with Crippen LogP contribution in [0.2, 0.25) is 5.15 Å². The summed E-state index contributed by atoms with van der Waals surface area (Å²) in [7, 11) is 0. The average molecular weight is 228 g/mol. The lowest BCUT2D eigenvalue weighted by atomic mass is 10.2. The molecular formula is C9H10ClN3O2. The molecule has 6 heteroatoms. The van der Waals surface area contributed by atoms with Gasteiger partial charge in [0.2, 0.25) is 0 Å². The highest BCUT2D eigenvalue weighted by Gasteiger charge is 2.17. The highest BCUT2D eigenvalue weighted by Crippen LogP contribution is 2.12. The van der Waals surface area contributed by atoms with Crippen LogP contribution < -0.4 is 0 Å². The molecule has 2 rings (SSSR count). The van der Waals surface area contributed by atoms with Crippen molar-refractivity contribution in [2.24, 2.45) is 0 Å². The van der Waals surface area contributed by atoms with Crippen molar-refractivity contribution in [3.63, 3.8) is 0 Å². The summed E-state index contributed by atoms with van der Waals surface area (Å²) < 4.78 is 0. The van der Waals surface area contributed by atoms with Gasteiger partial charge in [0.15, 0.2) is 5.69 Å². The maximum atomic E-state index is 10.7. The third-order valence-electron chi connectivity index (χ3n) is 2.27. The number of carboxylic acids is 1. The second-order valence-corrected chi connectivity index (χ2v) is 3.81. The zero-order chi connectivity index (χ0) is 10.8. The van der Waals surface area contributed by atoms with E-state index in [4.69, 9.17) is 16.7 Å². The van der Waals surface area contributed by atoms with E-state index in [9.17, 15) is 4.79 Å². The molecule has 0 radical (unpaired) electrons. The van der Waals surface area contributed by atoms with Crippen LogP contribution in [-0.4, -0.2) is 39.0 Å². The molecule has 1 aliphatic heterocycles. The number of hydrogen-bond donors (Lipinski definition) is 1. The predicted molar refractivity (Wildman–Crippen MR) is 53.9 cm³/mol. The Labute approximate surface area is 91.7 Å². The summed E-state index contributed by atoms with van der Waals surface area (Å²) >= 11 is 5.71. The summed E-state index contributed by atoms with van der Waals surface area (Å²) in [5, 5.41) is 8.96. The average Bonchev–Trinajstić information content (AvgIpc) is 2.10. The van der Waals surface area contributed by atoms with Gasteiger partial charge in [0, 0.05) is 6.07 Å². The molecule has 15 heavy (non-hydrogen) atoms. The van der Waals surface area contributed by atoms with E-state index in [1.54, 1.807) is 0 Å². The summed E-state index contributed by atoms with van der Waals surface area (Å²) in [5.41, 5.74) is -0.0504. The van der Waals surface area contributed by atoms with Gasteiger partial charge < -0.3 is 5.11 Å². The van der Waals surface area contributed by atoms with Gasteiger partial charge in [-0.25, -0.2) is 14.8 Å². The molecule has 0 bridgehead atoms. The van der Waals surface area contributed by atoms with Gasteiger partial charge >= 0.3 is 5.97 Å². The van der Waals surface area contributed by atoms with Gasteiger partial charge in [-0.1, -0.05) is 11.6 Å². The van der Waals surface area contributed by atoms with Crippen LogP contribution in [0, 0.1) is 0 Å². The monoisotopic (exact) mass is 227 g/mol. The zero-order valence-electron chi connectivity index (χ0n) is 7.98. The fraction of sp³-hybridized carbons (Fsp3) is 0.444. The van der Waals surface area contributed by atoms with Gasteiger partial charge in [0.05, 0.1) is 6.54 Å². The van der Waals surface area contributed by atoms with E-state index < -0.39 is 5.97 Å². The second-order valence-electron chi connectivity index (χ2n) is 3.43. The minimum absolute atomic E-state index is 0.0504. The third-order valence-corrected chi connectivity index (χ3v) is 2.47. The van der Waals surface area contributed by atoms with Crippen LogP contribution in [0.1, 0.15) is 22.7 Å². The largest absolute Gasteiger partial charge is 0.477 e. The minimum atomic E-state index is -1.08. The number of halogens is 1. The Morgan fingerprint density at radius 1 is 1.53 bits per heavy atom. The van der Waals surface area contributed by atoms with Crippen molar-refractivity contribution in [3.8, 4) is 0 Å². The Kier molecular flexibility index (Phi) is 2.83. The molecule has 5 nitrogen and oxygen atoms in total. The fourth-order valence-corrected chi connectivity index (χ4v) is 1.59. The van der Waals surface area contributed by atoms with Crippen LogP contribution in [0.4, 0.5) is 0 Å². The van der Waals surface area contributed by atoms with E-state index in [1.165, 1.54) is 12.5 Å². The highest BCUT2D eigenvalue weighted by molar-refractivity contribution is 6.29. The first kappa shape index (κ1) is 10.3. The van der Waals surface area contributed by atoms with Crippen molar-refractivity contribution in [2.45, 2.75) is 13.0 Å². The van der Waals surface area contributed by atoms with Crippen molar-refractivity contribution in [2.75, 3.05) is 13.1 Å². The topological polar surface area (TPSA) is 66.3 Å². The fourth-order valence-electron chi connectivity index (χ4n) is 1.38. The van der Waals surface area contributed by atoms with E-state index in [1.807, 2.05) is 0 Å². The molecule has 0 amide bonds. The van der Waals surface area contributed by atoms with Crippen LogP contribution >= 0.6 is 11.6 Å². The first-order valence-corrected chi connectivity index (χ1v) is 5.02. The minimum Gasteiger partial charge on any atom is -0.477 e. The predicted octanol–water partition coefficient (Wildman–Crippen LogP) is 1.03. The van der Waals surface area contributed by atoms with Gasteiger partial charge in [0.1, 0.15) is 11.0 Å². The van der Waals surface area contributed by atoms with Crippen LogP contribution in [0.5, 0.6) is 0 Å². The molecular weight excluding hydrogens is 218 g/mol. The molecule has 1 aromatic heterocycles. The first-order chi connectivity index (χ1) is 7.15. The maximum absolute atomic E-state index is 10.7. The van der Waals surface area contributed by atoms with E-state index in [2.05, 4.69) is 14.9 Å². The Bertz CT molecular complexity index is 393. The maximum Gasteiger partial charge on any atom is 0.354 e. The van der Waals surface area contributed by atoms with E-state index in [0.717, 1.165) is 13.1 Å². The summed E-state index contributed by atoms with van der Waals surface area (Å²) in [6.45, 7) is 2.59. The van der Waals surface area contributed by atoms with Crippen LogP contribution in [-0.2, 0) is 6.54 Å². The molecule has 1 fully saturated rings. The smallest absolute Gasteiger partial charge is 0.354 e. The molecule has 0 unspecified atom stereocenters. The van der Waals surface area contributed by atoms with Crippen LogP contribution in [0.25, 0.3) is 0 Å². The SMILES string of the molecule is O=C(O)c1cc(Cl)nc(CN2CCC2)n1. The highest BCUT2D eigenvalue weighted by atomic mass is 35.5. The summed E-state index contributed by atoms with van der Waals surface area (Å²) in [6, 6.07) is 1.25. The number of hydrogen-bond acceptors (Lipinski definition) is 4. The molecule has 2 heterocycles. The summed E-state index contributed by atoms with van der Waals surface area (Å²) in [5.74, 6) is -0.608. The Morgan fingerprint density at radius 3 is 2.80 bits per heavy atom. The van der Waals surface area contributed by atoms with E-state index in [0.29, 0.717) is 12.4 Å². The molecule has 1 aliphatic rings. The number of carboxylic acid groups (broad SMARTS) is 1. The summed E-state index contributed by atoms with van der Waals surface area (Å²) in [6.07, 6.45) is 1.17. The molecule has 0 spiro atoms. The second kappa shape index (κ2) is 4.12. The lowest BCUT2D eigenvalue weighted by Gasteiger charge is -2.29. The van der Waals surface area contributed by atoms with Gasteiger partial charge in [-0.15, -0.1) is 0 Å². The van der Waals surface area contributed by atoms with Crippen molar-refractivity contribution in [3.05, 3.63) is 22.7 Å².